The molecule has 2 atom stereocenters. The van der Waals surface area contributed by atoms with Crippen LogP contribution >= 0.6 is 0 Å². The summed E-state index contributed by atoms with van der Waals surface area (Å²) in [4.78, 5) is 16.2. The van der Waals surface area contributed by atoms with Crippen LogP contribution in [-0.4, -0.2) is 40.8 Å². The van der Waals surface area contributed by atoms with E-state index in [4.69, 9.17) is 9.47 Å². The number of methoxy groups -OCH3 is 1. The van der Waals surface area contributed by atoms with Crippen LogP contribution in [0.4, 0.5) is 4.39 Å². The third kappa shape index (κ3) is 3.48. The summed E-state index contributed by atoms with van der Waals surface area (Å²) in [7, 11) is 1.46. The molecule has 2 aromatic rings. The Kier molecular flexibility index (Phi) is 4.52. The minimum Gasteiger partial charge on any atom is -0.497 e. The second kappa shape index (κ2) is 6.74. The summed E-state index contributed by atoms with van der Waals surface area (Å²) in [5.74, 6) is 0.257. The fourth-order valence-electron chi connectivity index (χ4n) is 2.59. The van der Waals surface area contributed by atoms with Gasteiger partial charge in [-0.1, -0.05) is 6.07 Å². The number of carbonyl (C=O) groups is 1. The van der Waals surface area contributed by atoms with E-state index in [2.05, 4.69) is 20.5 Å². The first-order valence-electron chi connectivity index (χ1n) is 7.26. The van der Waals surface area contributed by atoms with Crippen LogP contribution in [0.15, 0.2) is 24.5 Å². The summed E-state index contributed by atoms with van der Waals surface area (Å²) in [6, 6.07) is 4.23. The molecule has 1 amide bonds. The van der Waals surface area contributed by atoms with Crippen molar-refractivity contribution in [1.29, 1.82) is 0 Å². The summed E-state index contributed by atoms with van der Waals surface area (Å²) < 4.78 is 24.4. The van der Waals surface area contributed by atoms with E-state index in [0.29, 0.717) is 30.2 Å². The van der Waals surface area contributed by atoms with E-state index in [-0.39, 0.29) is 24.5 Å². The SMILES string of the molecule is COc1ccc(CC(=O)N[C@H]2CCO[C@H]2c2ncn[nH]2)c(F)c1. The third-order valence-electron chi connectivity index (χ3n) is 3.75. The molecule has 0 spiro atoms. The Balaban J connectivity index is 1.63. The molecular formula is C15H17FN4O3. The Morgan fingerprint density at radius 3 is 3.13 bits per heavy atom. The molecule has 2 N–H and O–H groups in total. The van der Waals surface area contributed by atoms with E-state index in [0.717, 1.165) is 0 Å². The normalized spacial score (nSPS) is 20.4. The second-order valence-electron chi connectivity index (χ2n) is 5.26. The average Bonchev–Trinajstić information content (AvgIpc) is 3.20. The molecule has 7 nitrogen and oxygen atoms in total. The number of carbonyl (C=O) groups excluding carboxylic acids is 1. The molecule has 2 heterocycles. The van der Waals surface area contributed by atoms with Crippen LogP contribution in [0.25, 0.3) is 0 Å². The fraction of sp³-hybridized carbons (Fsp3) is 0.400. The number of hydrogen-bond donors (Lipinski definition) is 2. The summed E-state index contributed by atoms with van der Waals surface area (Å²) in [5.41, 5.74) is 0.318. The fourth-order valence-corrected chi connectivity index (χ4v) is 2.59. The van der Waals surface area contributed by atoms with E-state index in [1.165, 1.54) is 19.5 Å². The number of halogens is 1. The van der Waals surface area contributed by atoms with Crippen LogP contribution in [0, 0.1) is 5.82 Å². The van der Waals surface area contributed by atoms with Gasteiger partial charge in [-0.3, -0.25) is 9.89 Å². The number of benzene rings is 1. The van der Waals surface area contributed by atoms with Crippen LogP contribution in [0.1, 0.15) is 23.9 Å². The Morgan fingerprint density at radius 2 is 2.43 bits per heavy atom. The first-order valence-corrected chi connectivity index (χ1v) is 7.26. The summed E-state index contributed by atoms with van der Waals surface area (Å²) in [5, 5.41) is 9.40. The number of nitrogens with zero attached hydrogens (tertiary/aromatic N) is 2. The predicted octanol–water partition coefficient (Wildman–Crippen LogP) is 1.14. The van der Waals surface area contributed by atoms with Crippen molar-refractivity contribution in [2.45, 2.75) is 25.0 Å². The molecule has 3 rings (SSSR count). The standard InChI is InChI=1S/C15H17FN4O3/c1-22-10-3-2-9(11(16)7-10)6-13(21)19-12-4-5-23-14(12)15-17-8-18-20-15/h2-3,7-8,12,14H,4-6H2,1H3,(H,19,21)(H,17,18,20)/t12-,14+/m0/s1. The third-order valence-corrected chi connectivity index (χ3v) is 3.75. The molecule has 0 saturated carbocycles. The van der Waals surface area contributed by atoms with Gasteiger partial charge in [-0.05, 0) is 18.1 Å². The van der Waals surface area contributed by atoms with Crippen LogP contribution in [0.3, 0.4) is 0 Å². The molecule has 1 fully saturated rings. The zero-order valence-corrected chi connectivity index (χ0v) is 12.6. The first kappa shape index (κ1) is 15.4. The maximum absolute atomic E-state index is 13.9. The van der Waals surface area contributed by atoms with Crippen molar-refractivity contribution in [3.05, 3.63) is 41.7 Å². The highest BCUT2D eigenvalue weighted by Gasteiger charge is 2.33. The Labute approximate surface area is 132 Å². The number of ether oxygens (including phenoxy) is 2. The van der Waals surface area contributed by atoms with Gasteiger partial charge in [0.15, 0.2) is 5.82 Å². The molecule has 0 radical (unpaired) electrons. The predicted molar refractivity (Wildman–Crippen MR) is 78.3 cm³/mol. The molecule has 122 valence electrons. The molecule has 23 heavy (non-hydrogen) atoms. The molecule has 0 unspecified atom stereocenters. The smallest absolute Gasteiger partial charge is 0.224 e. The van der Waals surface area contributed by atoms with Crippen molar-refractivity contribution >= 4 is 5.91 Å². The van der Waals surface area contributed by atoms with Gasteiger partial charge in [-0.2, -0.15) is 5.10 Å². The van der Waals surface area contributed by atoms with Gasteiger partial charge in [0, 0.05) is 12.7 Å². The van der Waals surface area contributed by atoms with Crippen molar-refractivity contribution in [3.63, 3.8) is 0 Å². The van der Waals surface area contributed by atoms with E-state index in [1.807, 2.05) is 0 Å². The van der Waals surface area contributed by atoms with Crippen molar-refractivity contribution in [2.24, 2.45) is 0 Å². The van der Waals surface area contributed by atoms with Crippen molar-refractivity contribution in [2.75, 3.05) is 13.7 Å². The Hall–Kier alpha value is -2.48. The van der Waals surface area contributed by atoms with Gasteiger partial charge in [0.25, 0.3) is 0 Å². The van der Waals surface area contributed by atoms with E-state index >= 15 is 0 Å². The van der Waals surface area contributed by atoms with Crippen molar-refractivity contribution in [1.82, 2.24) is 20.5 Å². The Morgan fingerprint density at radius 1 is 1.57 bits per heavy atom. The second-order valence-corrected chi connectivity index (χ2v) is 5.26. The zero-order chi connectivity index (χ0) is 16.2. The highest BCUT2D eigenvalue weighted by Crippen LogP contribution is 2.26. The topological polar surface area (TPSA) is 89.1 Å². The average molecular weight is 320 g/mol. The molecular weight excluding hydrogens is 303 g/mol. The molecule has 1 aromatic heterocycles. The van der Waals surface area contributed by atoms with Gasteiger partial charge in [-0.15, -0.1) is 0 Å². The summed E-state index contributed by atoms with van der Waals surface area (Å²) in [6.45, 7) is 0.521. The van der Waals surface area contributed by atoms with Gasteiger partial charge < -0.3 is 14.8 Å². The van der Waals surface area contributed by atoms with Gasteiger partial charge in [0.1, 0.15) is 24.0 Å². The van der Waals surface area contributed by atoms with Gasteiger partial charge in [-0.25, -0.2) is 9.37 Å². The lowest BCUT2D eigenvalue weighted by molar-refractivity contribution is -0.121. The molecule has 0 aliphatic carbocycles. The number of amides is 1. The first-order chi connectivity index (χ1) is 11.2. The largest absolute Gasteiger partial charge is 0.497 e. The van der Waals surface area contributed by atoms with Gasteiger partial charge in [0.05, 0.1) is 19.6 Å². The Bertz CT molecular complexity index is 677. The molecule has 1 aromatic carbocycles. The number of nitrogens with one attached hydrogen (secondary N) is 2. The monoisotopic (exact) mass is 320 g/mol. The lowest BCUT2D eigenvalue weighted by atomic mass is 10.1. The minimum absolute atomic E-state index is 0.0462. The van der Waals surface area contributed by atoms with E-state index in [1.54, 1.807) is 12.1 Å². The highest BCUT2D eigenvalue weighted by atomic mass is 19.1. The van der Waals surface area contributed by atoms with Crippen LogP contribution in [0.2, 0.25) is 0 Å². The highest BCUT2D eigenvalue weighted by molar-refractivity contribution is 5.79. The quantitative estimate of drug-likeness (QED) is 0.862. The van der Waals surface area contributed by atoms with Gasteiger partial charge >= 0.3 is 0 Å². The number of hydrogen-bond acceptors (Lipinski definition) is 5. The van der Waals surface area contributed by atoms with Crippen LogP contribution < -0.4 is 10.1 Å². The number of aromatic nitrogens is 3. The van der Waals surface area contributed by atoms with E-state index < -0.39 is 5.82 Å². The van der Waals surface area contributed by atoms with Crippen molar-refractivity contribution in [3.8, 4) is 5.75 Å². The molecule has 1 aliphatic rings. The lowest BCUT2D eigenvalue weighted by Crippen LogP contribution is -2.38. The molecule has 0 bridgehead atoms. The van der Waals surface area contributed by atoms with Crippen LogP contribution in [-0.2, 0) is 16.0 Å². The summed E-state index contributed by atoms with van der Waals surface area (Å²) >= 11 is 0. The maximum atomic E-state index is 13.9. The molecule has 1 aliphatic heterocycles. The van der Waals surface area contributed by atoms with Crippen LogP contribution in [0.5, 0.6) is 5.75 Å². The molecule has 8 heteroatoms. The van der Waals surface area contributed by atoms with E-state index in [9.17, 15) is 9.18 Å². The maximum Gasteiger partial charge on any atom is 0.224 e. The van der Waals surface area contributed by atoms with Gasteiger partial charge in [0.2, 0.25) is 5.91 Å². The number of H-pyrrole nitrogens is 1. The minimum atomic E-state index is -0.464. The lowest BCUT2D eigenvalue weighted by Gasteiger charge is -2.18. The summed E-state index contributed by atoms with van der Waals surface area (Å²) in [6.07, 6.45) is 1.66. The number of aromatic amines is 1. The number of rotatable bonds is 5. The molecule has 1 saturated heterocycles. The zero-order valence-electron chi connectivity index (χ0n) is 12.6. The van der Waals surface area contributed by atoms with Crippen molar-refractivity contribution < 1.29 is 18.7 Å².